The van der Waals surface area contributed by atoms with E-state index in [1.807, 2.05) is 6.07 Å². The summed E-state index contributed by atoms with van der Waals surface area (Å²) in [4.78, 5) is 0. The highest BCUT2D eigenvalue weighted by molar-refractivity contribution is 6.89. The third-order valence-corrected chi connectivity index (χ3v) is 8.60. The Morgan fingerprint density at radius 2 is 1.62 bits per heavy atom. The maximum atomic E-state index is 10.6. The smallest absolute Gasteiger partial charge is 0.0831 e. The summed E-state index contributed by atoms with van der Waals surface area (Å²) in [6, 6.07) is 22.3. The number of aliphatic hydroxyl groups excluding tert-OH is 1. The van der Waals surface area contributed by atoms with Gasteiger partial charge in [0, 0.05) is 5.92 Å². The van der Waals surface area contributed by atoms with E-state index in [0.29, 0.717) is 6.61 Å². The van der Waals surface area contributed by atoms with Crippen molar-refractivity contribution in [1.82, 2.24) is 0 Å². The molecule has 0 saturated carbocycles. The molecule has 0 aromatic heterocycles. The van der Waals surface area contributed by atoms with Crippen molar-refractivity contribution in [3.05, 3.63) is 66.2 Å². The summed E-state index contributed by atoms with van der Waals surface area (Å²) in [5.41, 5.74) is 1.28. The highest BCUT2D eigenvalue weighted by atomic mass is 28.3. The van der Waals surface area contributed by atoms with E-state index in [1.165, 1.54) is 10.8 Å². The van der Waals surface area contributed by atoms with Gasteiger partial charge in [0.05, 0.1) is 26.9 Å². The van der Waals surface area contributed by atoms with Crippen molar-refractivity contribution in [2.45, 2.75) is 44.2 Å². The Labute approximate surface area is 146 Å². The van der Waals surface area contributed by atoms with Gasteiger partial charge in [-0.1, -0.05) is 78.9 Å². The van der Waals surface area contributed by atoms with Gasteiger partial charge in [0.15, 0.2) is 0 Å². The van der Waals surface area contributed by atoms with Crippen LogP contribution in [-0.2, 0) is 11.2 Å². The van der Waals surface area contributed by atoms with Gasteiger partial charge in [0.25, 0.3) is 0 Å². The van der Waals surface area contributed by atoms with Crippen molar-refractivity contribution in [2.24, 2.45) is 5.92 Å². The van der Waals surface area contributed by atoms with Crippen LogP contribution in [-0.4, -0.2) is 32.0 Å². The minimum atomic E-state index is -1.53. The Hall–Kier alpha value is -1.42. The average molecular weight is 341 g/mol. The number of hydrogen-bond donors (Lipinski definition) is 1. The first-order chi connectivity index (χ1) is 11.5. The molecule has 2 aromatic rings. The first kappa shape index (κ1) is 17.4. The molecule has 0 spiro atoms. The van der Waals surface area contributed by atoms with Crippen LogP contribution in [0.25, 0.3) is 0 Å². The SMILES string of the molecule is C[Si](C)(C[C@H]1C[C@@H](O)[C@H](Cc2ccccc2)CO1)c1ccccc1. The summed E-state index contributed by atoms with van der Waals surface area (Å²) < 4.78 is 6.17. The highest BCUT2D eigenvalue weighted by Crippen LogP contribution is 2.28. The molecule has 0 radical (unpaired) electrons. The molecule has 1 N–H and O–H groups in total. The summed E-state index contributed by atoms with van der Waals surface area (Å²) in [6.07, 6.45) is 1.59. The van der Waals surface area contributed by atoms with E-state index in [9.17, 15) is 5.11 Å². The Balaban J connectivity index is 1.57. The number of hydrogen-bond acceptors (Lipinski definition) is 2. The largest absolute Gasteiger partial charge is 0.393 e. The quantitative estimate of drug-likeness (QED) is 0.843. The molecule has 3 rings (SSSR count). The first-order valence-electron chi connectivity index (χ1n) is 8.94. The molecule has 1 fully saturated rings. The van der Waals surface area contributed by atoms with Crippen molar-refractivity contribution in [3.63, 3.8) is 0 Å². The fraction of sp³-hybridized carbons (Fsp3) is 0.429. The van der Waals surface area contributed by atoms with Crippen LogP contribution < -0.4 is 5.19 Å². The molecule has 1 heterocycles. The summed E-state index contributed by atoms with van der Waals surface area (Å²) in [7, 11) is -1.53. The molecule has 0 amide bonds. The standard InChI is InChI=1S/C21H28O2Si/c1-24(2,20-11-7-4-8-12-20)16-19-14-21(22)18(15-23-19)13-17-9-5-3-6-10-17/h3-12,18-19,21-22H,13-16H2,1-2H3/t18-,19-,21-/m1/s1. The molecule has 3 heteroatoms. The average Bonchev–Trinajstić information content (AvgIpc) is 2.59. The zero-order chi connectivity index (χ0) is 17.0. The van der Waals surface area contributed by atoms with Crippen LogP contribution in [0, 0.1) is 5.92 Å². The van der Waals surface area contributed by atoms with Gasteiger partial charge in [-0.05, 0) is 24.4 Å². The van der Waals surface area contributed by atoms with E-state index in [4.69, 9.17) is 4.74 Å². The molecule has 0 aliphatic carbocycles. The second-order valence-corrected chi connectivity index (χ2v) is 12.4. The minimum Gasteiger partial charge on any atom is -0.393 e. The molecule has 2 nitrogen and oxygen atoms in total. The van der Waals surface area contributed by atoms with E-state index >= 15 is 0 Å². The summed E-state index contributed by atoms with van der Waals surface area (Å²) in [5, 5.41) is 12.1. The Bertz CT molecular complexity index is 627. The van der Waals surface area contributed by atoms with Crippen LogP contribution >= 0.6 is 0 Å². The molecule has 2 aromatic carbocycles. The van der Waals surface area contributed by atoms with E-state index in [2.05, 4.69) is 67.7 Å². The van der Waals surface area contributed by atoms with Gasteiger partial charge in [-0.3, -0.25) is 0 Å². The van der Waals surface area contributed by atoms with Gasteiger partial charge in [-0.15, -0.1) is 0 Å². The summed E-state index contributed by atoms with van der Waals surface area (Å²) in [6.45, 7) is 5.46. The van der Waals surface area contributed by atoms with E-state index < -0.39 is 8.07 Å². The zero-order valence-corrected chi connectivity index (χ0v) is 15.7. The van der Waals surface area contributed by atoms with Gasteiger partial charge < -0.3 is 9.84 Å². The number of ether oxygens (including phenoxy) is 1. The lowest BCUT2D eigenvalue weighted by atomic mass is 9.89. The van der Waals surface area contributed by atoms with Crippen LogP contribution in [0.2, 0.25) is 19.1 Å². The lowest BCUT2D eigenvalue weighted by molar-refractivity contribution is -0.0754. The monoisotopic (exact) mass is 340 g/mol. The lowest BCUT2D eigenvalue weighted by Gasteiger charge is -2.37. The fourth-order valence-electron chi connectivity index (χ4n) is 3.73. The predicted octanol–water partition coefficient (Wildman–Crippen LogP) is 3.61. The van der Waals surface area contributed by atoms with Crippen molar-refractivity contribution in [1.29, 1.82) is 0 Å². The topological polar surface area (TPSA) is 29.5 Å². The van der Waals surface area contributed by atoms with Crippen LogP contribution in [0.5, 0.6) is 0 Å². The van der Waals surface area contributed by atoms with Crippen molar-refractivity contribution < 1.29 is 9.84 Å². The normalized spacial score (nSPS) is 24.7. The second kappa shape index (κ2) is 7.64. The van der Waals surface area contributed by atoms with Crippen LogP contribution in [0.4, 0.5) is 0 Å². The van der Waals surface area contributed by atoms with Crippen molar-refractivity contribution in [2.75, 3.05) is 6.61 Å². The molecular formula is C21H28O2Si. The van der Waals surface area contributed by atoms with Crippen molar-refractivity contribution >= 4 is 13.3 Å². The van der Waals surface area contributed by atoms with Crippen LogP contribution in [0.1, 0.15) is 12.0 Å². The number of rotatable bonds is 5. The third-order valence-electron chi connectivity index (χ3n) is 5.23. The Morgan fingerprint density at radius 3 is 2.25 bits per heavy atom. The van der Waals surface area contributed by atoms with Crippen LogP contribution in [0.15, 0.2) is 60.7 Å². The first-order valence-corrected chi connectivity index (χ1v) is 12.1. The molecule has 3 atom stereocenters. The molecule has 0 unspecified atom stereocenters. The summed E-state index contributed by atoms with van der Waals surface area (Å²) >= 11 is 0. The Morgan fingerprint density at radius 1 is 1.00 bits per heavy atom. The second-order valence-electron chi connectivity index (χ2n) is 7.66. The maximum Gasteiger partial charge on any atom is 0.0831 e. The van der Waals surface area contributed by atoms with Gasteiger partial charge in [0.2, 0.25) is 0 Å². The van der Waals surface area contributed by atoms with Gasteiger partial charge >= 0.3 is 0 Å². The lowest BCUT2D eigenvalue weighted by Crippen LogP contribution is -2.47. The van der Waals surface area contributed by atoms with Crippen molar-refractivity contribution in [3.8, 4) is 0 Å². The predicted molar refractivity (Wildman–Crippen MR) is 102 cm³/mol. The Kier molecular flexibility index (Phi) is 5.54. The van der Waals surface area contributed by atoms with E-state index in [1.54, 1.807) is 0 Å². The summed E-state index contributed by atoms with van der Waals surface area (Å²) in [5.74, 6) is 0.213. The maximum absolute atomic E-state index is 10.6. The molecule has 128 valence electrons. The minimum absolute atomic E-state index is 0.189. The van der Waals surface area contributed by atoms with E-state index in [-0.39, 0.29) is 18.1 Å². The number of benzene rings is 2. The van der Waals surface area contributed by atoms with Gasteiger partial charge in [-0.25, -0.2) is 0 Å². The van der Waals surface area contributed by atoms with Crippen LogP contribution in [0.3, 0.4) is 0 Å². The number of aliphatic hydroxyl groups is 1. The van der Waals surface area contributed by atoms with Gasteiger partial charge in [0.1, 0.15) is 0 Å². The van der Waals surface area contributed by atoms with E-state index in [0.717, 1.165) is 18.9 Å². The molecular weight excluding hydrogens is 312 g/mol. The fourth-order valence-corrected chi connectivity index (χ4v) is 6.48. The van der Waals surface area contributed by atoms with Gasteiger partial charge in [-0.2, -0.15) is 0 Å². The molecule has 1 aliphatic rings. The molecule has 1 aliphatic heterocycles. The molecule has 1 saturated heterocycles. The highest BCUT2D eigenvalue weighted by Gasteiger charge is 2.34. The molecule has 24 heavy (non-hydrogen) atoms. The zero-order valence-electron chi connectivity index (χ0n) is 14.7. The third kappa shape index (κ3) is 4.35. The molecule has 0 bridgehead atoms.